The van der Waals surface area contributed by atoms with Gasteiger partial charge in [-0.1, -0.05) is 5.16 Å². The summed E-state index contributed by atoms with van der Waals surface area (Å²) in [4.78, 5) is 23.0. The summed E-state index contributed by atoms with van der Waals surface area (Å²) in [5.74, 6) is -0.241. The summed E-state index contributed by atoms with van der Waals surface area (Å²) in [6.07, 6.45) is 0.333. The average Bonchev–Trinajstić information content (AvgIpc) is 3.47. The van der Waals surface area contributed by atoms with Crippen molar-refractivity contribution in [3.05, 3.63) is 54.3 Å². The number of nitrogens with one attached hydrogen (secondary N) is 2. The number of halogens is 3. The Labute approximate surface area is 196 Å². The van der Waals surface area contributed by atoms with E-state index >= 15 is 0 Å². The Kier molecular flexibility index (Phi) is 5.55. The minimum absolute atomic E-state index is 0.00632. The van der Waals surface area contributed by atoms with E-state index in [0.29, 0.717) is 25.3 Å². The van der Waals surface area contributed by atoms with Gasteiger partial charge in [0, 0.05) is 49.8 Å². The predicted octanol–water partition coefficient (Wildman–Crippen LogP) is 3.29. The van der Waals surface area contributed by atoms with E-state index in [9.17, 15) is 23.1 Å². The lowest BCUT2D eigenvalue weighted by molar-refractivity contribution is -0.142. The fraction of sp³-hybridized carbons (Fsp3) is 0.273. The van der Waals surface area contributed by atoms with E-state index in [1.807, 2.05) is 6.92 Å². The zero-order valence-corrected chi connectivity index (χ0v) is 18.4. The number of rotatable bonds is 4. The maximum Gasteiger partial charge on any atom is 0.437 e. The average molecular weight is 487 g/mol. The highest BCUT2D eigenvalue weighted by atomic mass is 19.4. The zero-order valence-electron chi connectivity index (χ0n) is 18.4. The van der Waals surface area contributed by atoms with Crippen LogP contribution in [0.3, 0.4) is 0 Å². The summed E-state index contributed by atoms with van der Waals surface area (Å²) < 4.78 is 45.8. The van der Waals surface area contributed by atoms with Crippen LogP contribution in [-0.2, 0) is 6.18 Å². The molecule has 0 aliphatic carbocycles. The third-order valence-electron chi connectivity index (χ3n) is 5.80. The molecule has 0 bridgehead atoms. The fourth-order valence-electron chi connectivity index (χ4n) is 4.05. The van der Waals surface area contributed by atoms with Gasteiger partial charge in [0.15, 0.2) is 17.2 Å². The Morgan fingerprint density at radius 3 is 2.89 bits per heavy atom. The van der Waals surface area contributed by atoms with Gasteiger partial charge in [-0.05, 0) is 19.1 Å². The predicted molar refractivity (Wildman–Crippen MR) is 118 cm³/mol. The first-order valence-corrected chi connectivity index (χ1v) is 10.7. The molecule has 4 heterocycles. The minimum Gasteiger partial charge on any atom is -0.507 e. The third-order valence-corrected chi connectivity index (χ3v) is 5.80. The summed E-state index contributed by atoms with van der Waals surface area (Å²) in [5, 5.41) is 19.8. The first kappa shape index (κ1) is 22.7. The van der Waals surface area contributed by atoms with Gasteiger partial charge in [0.2, 0.25) is 0 Å². The molecule has 0 saturated carbocycles. The van der Waals surface area contributed by atoms with Crippen LogP contribution in [0.25, 0.3) is 16.9 Å². The number of aromatic nitrogens is 4. The van der Waals surface area contributed by atoms with Crippen LogP contribution in [0.4, 0.5) is 24.7 Å². The van der Waals surface area contributed by atoms with Crippen LogP contribution in [0.15, 0.2) is 47.6 Å². The number of phenolic OH excluding ortho intramolecular Hbond substituents is 1. The van der Waals surface area contributed by atoms with Crippen molar-refractivity contribution >= 4 is 23.1 Å². The van der Waals surface area contributed by atoms with Crippen molar-refractivity contribution in [2.24, 2.45) is 0 Å². The smallest absolute Gasteiger partial charge is 0.437 e. The number of carbonyl (C=O) groups excluding carboxylic acids is 1. The van der Waals surface area contributed by atoms with Gasteiger partial charge in [-0.3, -0.25) is 9.20 Å². The van der Waals surface area contributed by atoms with E-state index in [4.69, 9.17) is 0 Å². The van der Waals surface area contributed by atoms with Crippen LogP contribution in [0, 0.1) is 0 Å². The Morgan fingerprint density at radius 1 is 1.31 bits per heavy atom. The largest absolute Gasteiger partial charge is 0.507 e. The number of amides is 1. The Hall–Kier alpha value is -4.13. The number of hydrogen-bond donors (Lipinski definition) is 3. The number of alkyl halides is 3. The van der Waals surface area contributed by atoms with Gasteiger partial charge in [0.05, 0.1) is 23.0 Å². The van der Waals surface area contributed by atoms with Crippen molar-refractivity contribution in [1.82, 2.24) is 29.7 Å². The summed E-state index contributed by atoms with van der Waals surface area (Å²) in [7, 11) is 0. The SMILES string of the molecule is C[C@H]1CNCCN1C(=O)c1ccc(Nc2nccn3c(-c4conc4C(F)(F)F)cnc23)cc1O. The van der Waals surface area contributed by atoms with E-state index in [-0.39, 0.29) is 46.0 Å². The molecule has 13 heteroatoms. The molecule has 182 valence electrons. The lowest BCUT2D eigenvalue weighted by Crippen LogP contribution is -2.52. The molecule has 1 aliphatic rings. The summed E-state index contributed by atoms with van der Waals surface area (Å²) >= 11 is 0. The molecule has 1 saturated heterocycles. The number of imidazole rings is 1. The minimum atomic E-state index is -4.69. The molecule has 10 nitrogen and oxygen atoms in total. The number of hydrogen-bond acceptors (Lipinski definition) is 8. The monoisotopic (exact) mass is 487 g/mol. The topological polar surface area (TPSA) is 121 Å². The number of fused-ring (bicyclic) bond motifs is 1. The van der Waals surface area contributed by atoms with Gasteiger partial charge in [-0.2, -0.15) is 13.2 Å². The second-order valence-electron chi connectivity index (χ2n) is 8.10. The second kappa shape index (κ2) is 8.58. The van der Waals surface area contributed by atoms with Crippen LogP contribution in [0.5, 0.6) is 5.75 Å². The number of anilines is 2. The van der Waals surface area contributed by atoms with Crippen LogP contribution >= 0.6 is 0 Å². The molecule has 5 rings (SSSR count). The van der Waals surface area contributed by atoms with Gasteiger partial charge in [-0.25, -0.2) is 9.97 Å². The molecule has 1 aliphatic heterocycles. The number of aromatic hydroxyl groups is 1. The van der Waals surface area contributed by atoms with Crippen LogP contribution in [0.1, 0.15) is 23.0 Å². The van der Waals surface area contributed by atoms with E-state index in [2.05, 4.69) is 30.3 Å². The quantitative estimate of drug-likeness (QED) is 0.401. The van der Waals surface area contributed by atoms with Gasteiger partial charge < -0.3 is 25.2 Å². The third kappa shape index (κ3) is 4.14. The van der Waals surface area contributed by atoms with Gasteiger partial charge in [0.25, 0.3) is 5.91 Å². The molecule has 3 N–H and O–H groups in total. The normalized spacial score (nSPS) is 16.6. The molecule has 1 aromatic carbocycles. The number of carbonyl (C=O) groups is 1. The van der Waals surface area contributed by atoms with Gasteiger partial charge in [0.1, 0.15) is 12.0 Å². The summed E-state index contributed by atoms with van der Waals surface area (Å²) in [6.45, 7) is 3.82. The Bertz CT molecular complexity index is 1400. The van der Waals surface area contributed by atoms with E-state index in [1.165, 1.54) is 35.1 Å². The maximum atomic E-state index is 13.3. The second-order valence-corrected chi connectivity index (χ2v) is 8.10. The summed E-state index contributed by atoms with van der Waals surface area (Å²) in [6, 6.07) is 4.50. The molecule has 35 heavy (non-hydrogen) atoms. The standard InChI is InChI=1S/C22H20F3N7O3/c1-12-9-26-4-6-31(12)21(34)14-3-2-13(8-17(14)33)29-19-20-28-10-16(32(20)7-5-27-19)15-11-35-30-18(15)22(23,24)25/h2-3,5,7-8,10-12,26,33H,4,6,9H2,1H3,(H,27,29)/t12-/m0/s1. The van der Waals surface area contributed by atoms with Crippen molar-refractivity contribution in [3.63, 3.8) is 0 Å². The van der Waals surface area contributed by atoms with Crippen molar-refractivity contribution in [2.45, 2.75) is 19.1 Å². The number of benzene rings is 1. The van der Waals surface area contributed by atoms with E-state index in [0.717, 1.165) is 6.26 Å². The highest BCUT2D eigenvalue weighted by Crippen LogP contribution is 2.37. The Balaban J connectivity index is 1.43. The van der Waals surface area contributed by atoms with Crippen LogP contribution in [-0.4, -0.2) is 61.1 Å². The zero-order chi connectivity index (χ0) is 24.7. The molecule has 4 aromatic rings. The maximum absolute atomic E-state index is 13.3. The van der Waals surface area contributed by atoms with Crippen molar-refractivity contribution in [2.75, 3.05) is 25.0 Å². The highest BCUT2D eigenvalue weighted by molar-refractivity contribution is 5.97. The number of piperazine rings is 1. The number of phenols is 1. The lowest BCUT2D eigenvalue weighted by Gasteiger charge is -2.34. The molecule has 1 amide bonds. The molecule has 0 radical (unpaired) electrons. The van der Waals surface area contributed by atoms with E-state index in [1.54, 1.807) is 11.0 Å². The van der Waals surface area contributed by atoms with Crippen molar-refractivity contribution in [1.29, 1.82) is 0 Å². The molecule has 3 aromatic heterocycles. The van der Waals surface area contributed by atoms with Crippen LogP contribution in [0.2, 0.25) is 0 Å². The highest BCUT2D eigenvalue weighted by Gasteiger charge is 2.38. The molecular formula is C22H20F3N7O3. The van der Waals surface area contributed by atoms with Crippen molar-refractivity contribution < 1.29 is 27.6 Å². The lowest BCUT2D eigenvalue weighted by atomic mass is 10.1. The van der Waals surface area contributed by atoms with E-state index < -0.39 is 11.9 Å². The van der Waals surface area contributed by atoms with Gasteiger partial charge in [-0.15, -0.1) is 0 Å². The molecular weight excluding hydrogens is 467 g/mol. The molecule has 0 unspecified atom stereocenters. The first-order chi connectivity index (χ1) is 16.7. The summed E-state index contributed by atoms with van der Waals surface area (Å²) in [5.41, 5.74) is -0.470. The van der Waals surface area contributed by atoms with Crippen LogP contribution < -0.4 is 10.6 Å². The first-order valence-electron chi connectivity index (χ1n) is 10.7. The number of nitrogens with zero attached hydrogens (tertiary/aromatic N) is 5. The molecule has 0 spiro atoms. The van der Waals surface area contributed by atoms with Gasteiger partial charge >= 0.3 is 6.18 Å². The van der Waals surface area contributed by atoms with Crippen molar-refractivity contribution in [3.8, 4) is 17.0 Å². The molecule has 1 atom stereocenters. The molecule has 1 fully saturated rings. The Morgan fingerprint density at radius 2 is 2.14 bits per heavy atom. The fourth-order valence-corrected chi connectivity index (χ4v) is 4.05.